The van der Waals surface area contributed by atoms with Gasteiger partial charge < -0.3 is 15.5 Å². The monoisotopic (exact) mass is 271 g/mol. The summed E-state index contributed by atoms with van der Waals surface area (Å²) < 4.78 is 0. The number of aliphatic carboxylic acids is 1. The van der Waals surface area contributed by atoms with Crippen molar-refractivity contribution >= 4 is 23.5 Å². The molecule has 1 rings (SSSR count). The Morgan fingerprint density at radius 1 is 1.28 bits per heavy atom. The summed E-state index contributed by atoms with van der Waals surface area (Å²) in [6.45, 7) is 0. The molecule has 0 aliphatic carbocycles. The lowest BCUT2D eigenvalue weighted by atomic mass is 10.0. The molecule has 5 nitrogen and oxygen atoms in total. The molecule has 0 aliphatic heterocycles. The number of amides is 1. The second-order valence-corrected chi connectivity index (χ2v) is 4.06. The van der Waals surface area contributed by atoms with Gasteiger partial charge in [0.25, 0.3) is 0 Å². The third-order valence-electron chi connectivity index (χ3n) is 2.36. The van der Waals surface area contributed by atoms with Gasteiger partial charge in [0.15, 0.2) is 6.04 Å². The second kappa shape index (κ2) is 6.98. The van der Waals surface area contributed by atoms with Gasteiger partial charge in [-0.25, -0.2) is 4.79 Å². The Kier molecular flexibility index (Phi) is 5.61. The van der Waals surface area contributed by atoms with Gasteiger partial charge in [-0.2, -0.15) is 0 Å². The van der Waals surface area contributed by atoms with Crippen LogP contribution in [0.2, 0.25) is 0 Å². The molecule has 3 N–H and O–H groups in total. The second-order valence-electron chi connectivity index (χ2n) is 3.68. The summed E-state index contributed by atoms with van der Waals surface area (Å²) in [6, 6.07) is 6.90. The van der Waals surface area contributed by atoms with Gasteiger partial charge >= 0.3 is 5.97 Å². The Labute approximate surface area is 109 Å². The van der Waals surface area contributed by atoms with Gasteiger partial charge in [-0.05, 0) is 5.56 Å². The molecule has 0 radical (unpaired) electrons. The normalized spacial score (nSPS) is 13.7. The van der Waals surface area contributed by atoms with Gasteiger partial charge in [0, 0.05) is 12.3 Å². The number of carbonyl (C=O) groups is 2. The molecule has 0 fully saturated rings. The molecular weight excluding hydrogens is 258 g/mol. The fraction of sp³-hybridized carbons (Fsp3) is 0.333. The van der Waals surface area contributed by atoms with E-state index in [9.17, 15) is 14.7 Å². The number of aliphatic hydroxyl groups excluding tert-OH is 1. The summed E-state index contributed by atoms with van der Waals surface area (Å²) in [5, 5.41) is 21.2. The number of carbonyl (C=O) groups excluding carboxylic acids is 1. The van der Waals surface area contributed by atoms with E-state index in [1.165, 1.54) is 0 Å². The first-order valence-corrected chi connectivity index (χ1v) is 5.91. The van der Waals surface area contributed by atoms with Crippen molar-refractivity contribution in [2.75, 3.05) is 5.88 Å². The largest absolute Gasteiger partial charge is 0.480 e. The zero-order valence-corrected chi connectivity index (χ0v) is 10.3. The quantitative estimate of drug-likeness (QED) is 0.672. The lowest BCUT2D eigenvalue weighted by Crippen LogP contribution is -2.45. The fourth-order valence-electron chi connectivity index (χ4n) is 1.45. The van der Waals surface area contributed by atoms with E-state index < -0.39 is 24.0 Å². The number of halogens is 1. The Hall–Kier alpha value is -1.59. The number of hydrogen-bond donors (Lipinski definition) is 3. The highest BCUT2D eigenvalue weighted by atomic mass is 35.5. The predicted molar refractivity (Wildman–Crippen MR) is 66.3 cm³/mol. The number of carboxylic acids is 1. The first kappa shape index (κ1) is 14.5. The first-order chi connectivity index (χ1) is 8.56. The minimum atomic E-state index is -1.39. The molecule has 6 heteroatoms. The van der Waals surface area contributed by atoms with Gasteiger partial charge in [0.2, 0.25) is 5.91 Å². The predicted octanol–water partition coefficient (Wildman–Crippen LogP) is 0.918. The van der Waals surface area contributed by atoms with Crippen LogP contribution in [-0.4, -0.2) is 34.0 Å². The maximum atomic E-state index is 11.3. The Bertz CT molecular complexity index is 410. The molecule has 0 bridgehead atoms. The van der Waals surface area contributed by atoms with Crippen LogP contribution in [0, 0.1) is 0 Å². The number of rotatable bonds is 6. The van der Waals surface area contributed by atoms with E-state index in [0.29, 0.717) is 5.56 Å². The molecule has 0 spiro atoms. The van der Waals surface area contributed by atoms with Crippen molar-refractivity contribution in [3.63, 3.8) is 0 Å². The van der Waals surface area contributed by atoms with E-state index in [2.05, 4.69) is 5.32 Å². The summed E-state index contributed by atoms with van der Waals surface area (Å²) in [7, 11) is 0. The Morgan fingerprint density at radius 3 is 2.39 bits per heavy atom. The number of benzene rings is 1. The van der Waals surface area contributed by atoms with E-state index in [1.54, 1.807) is 30.3 Å². The highest BCUT2D eigenvalue weighted by molar-refractivity contribution is 6.18. The molecule has 0 saturated carbocycles. The average Bonchev–Trinajstić information content (AvgIpc) is 2.36. The summed E-state index contributed by atoms with van der Waals surface area (Å²) in [5.41, 5.74) is 0.427. The van der Waals surface area contributed by atoms with Gasteiger partial charge in [-0.15, -0.1) is 11.6 Å². The number of carboxylic acid groups (broad SMARTS) is 1. The fourth-order valence-corrected chi connectivity index (χ4v) is 1.62. The molecule has 98 valence electrons. The van der Waals surface area contributed by atoms with Crippen LogP contribution >= 0.6 is 11.6 Å². The number of alkyl halides is 1. The molecule has 2 unspecified atom stereocenters. The van der Waals surface area contributed by atoms with E-state index in [0.717, 1.165) is 0 Å². The van der Waals surface area contributed by atoms with E-state index in [-0.39, 0.29) is 12.3 Å². The molecule has 1 amide bonds. The van der Waals surface area contributed by atoms with Crippen molar-refractivity contribution < 1.29 is 19.8 Å². The zero-order chi connectivity index (χ0) is 13.5. The molecule has 0 heterocycles. The molecular formula is C12H14ClNO4. The number of aliphatic hydroxyl groups is 1. The maximum absolute atomic E-state index is 11.3. The number of nitrogens with one attached hydrogen (secondary N) is 1. The molecule has 18 heavy (non-hydrogen) atoms. The van der Waals surface area contributed by atoms with Crippen LogP contribution in [0.4, 0.5) is 0 Å². The van der Waals surface area contributed by atoms with Gasteiger partial charge in [0.1, 0.15) is 6.10 Å². The lowest BCUT2D eigenvalue weighted by Gasteiger charge is -2.20. The third kappa shape index (κ3) is 4.01. The smallest absolute Gasteiger partial charge is 0.329 e. The van der Waals surface area contributed by atoms with Gasteiger partial charge in [-0.1, -0.05) is 30.3 Å². The van der Waals surface area contributed by atoms with Crippen molar-refractivity contribution in [2.45, 2.75) is 18.6 Å². The molecule has 1 aromatic rings. The van der Waals surface area contributed by atoms with Crippen LogP contribution in [0.1, 0.15) is 18.1 Å². The summed E-state index contributed by atoms with van der Waals surface area (Å²) in [4.78, 5) is 22.4. The molecule has 0 saturated heterocycles. The molecule has 0 aromatic heterocycles. The Morgan fingerprint density at radius 2 is 1.89 bits per heavy atom. The van der Waals surface area contributed by atoms with Gasteiger partial charge in [-0.3, -0.25) is 4.79 Å². The van der Waals surface area contributed by atoms with Crippen molar-refractivity contribution in [1.82, 2.24) is 5.32 Å². The zero-order valence-electron chi connectivity index (χ0n) is 9.54. The lowest BCUT2D eigenvalue weighted by molar-refractivity contribution is -0.145. The molecule has 1 aromatic carbocycles. The van der Waals surface area contributed by atoms with Gasteiger partial charge in [0.05, 0.1) is 0 Å². The van der Waals surface area contributed by atoms with Crippen LogP contribution < -0.4 is 5.32 Å². The van der Waals surface area contributed by atoms with E-state index >= 15 is 0 Å². The summed E-state index contributed by atoms with van der Waals surface area (Å²) >= 11 is 5.39. The molecule has 2 atom stereocenters. The SMILES string of the molecule is O=C(CCCl)NC(C(=O)O)C(O)c1ccccc1. The summed E-state index contributed by atoms with van der Waals surface area (Å²) in [5.74, 6) is -1.71. The topological polar surface area (TPSA) is 86.6 Å². The summed E-state index contributed by atoms with van der Waals surface area (Å²) in [6.07, 6.45) is -1.30. The van der Waals surface area contributed by atoms with E-state index in [4.69, 9.17) is 16.7 Å². The third-order valence-corrected chi connectivity index (χ3v) is 2.55. The maximum Gasteiger partial charge on any atom is 0.329 e. The minimum Gasteiger partial charge on any atom is -0.480 e. The van der Waals surface area contributed by atoms with Crippen molar-refractivity contribution in [3.8, 4) is 0 Å². The first-order valence-electron chi connectivity index (χ1n) is 5.37. The van der Waals surface area contributed by atoms with E-state index in [1.807, 2.05) is 0 Å². The average molecular weight is 272 g/mol. The Balaban J connectivity index is 2.79. The van der Waals surface area contributed by atoms with Crippen LogP contribution in [0.25, 0.3) is 0 Å². The van der Waals surface area contributed by atoms with Crippen LogP contribution in [0.3, 0.4) is 0 Å². The van der Waals surface area contributed by atoms with Crippen LogP contribution in [0.5, 0.6) is 0 Å². The van der Waals surface area contributed by atoms with Crippen molar-refractivity contribution in [3.05, 3.63) is 35.9 Å². The van der Waals surface area contributed by atoms with Crippen molar-refractivity contribution in [2.24, 2.45) is 0 Å². The highest BCUT2D eigenvalue weighted by Crippen LogP contribution is 2.16. The van der Waals surface area contributed by atoms with Crippen LogP contribution in [0.15, 0.2) is 30.3 Å². The van der Waals surface area contributed by atoms with Crippen LogP contribution in [-0.2, 0) is 9.59 Å². The standard InChI is InChI=1S/C12H14ClNO4/c13-7-6-9(15)14-10(12(17)18)11(16)8-4-2-1-3-5-8/h1-5,10-11,16H,6-7H2,(H,14,15)(H,17,18). The number of hydrogen-bond acceptors (Lipinski definition) is 3. The molecule has 0 aliphatic rings. The van der Waals surface area contributed by atoms with Crippen molar-refractivity contribution in [1.29, 1.82) is 0 Å². The highest BCUT2D eigenvalue weighted by Gasteiger charge is 2.29. The minimum absolute atomic E-state index is 0.00679.